The summed E-state index contributed by atoms with van der Waals surface area (Å²) >= 11 is 1.41. The Bertz CT molecular complexity index is 1250. The molecule has 0 aliphatic carbocycles. The zero-order valence-electron chi connectivity index (χ0n) is 16.1. The van der Waals surface area contributed by atoms with Gasteiger partial charge in [-0.05, 0) is 49.2 Å². The summed E-state index contributed by atoms with van der Waals surface area (Å²) in [5.41, 5.74) is 3.88. The van der Waals surface area contributed by atoms with E-state index in [-0.39, 0.29) is 18.3 Å². The van der Waals surface area contributed by atoms with Crippen molar-refractivity contribution in [2.45, 2.75) is 13.8 Å². The number of esters is 1. The van der Waals surface area contributed by atoms with Gasteiger partial charge in [0.15, 0.2) is 5.75 Å². The summed E-state index contributed by atoms with van der Waals surface area (Å²) in [5.74, 6) is 0.234. The molecule has 0 fully saturated rings. The number of pyridine rings is 1. The number of methoxy groups -OCH3 is 1. The lowest BCUT2D eigenvalue weighted by atomic mass is 10.1. The fourth-order valence-corrected chi connectivity index (χ4v) is 4.73. The second kappa shape index (κ2) is 7.21. The van der Waals surface area contributed by atoms with Gasteiger partial charge in [-0.1, -0.05) is 0 Å². The molecule has 4 aromatic rings. The van der Waals surface area contributed by atoms with Crippen LogP contribution in [0.1, 0.15) is 22.8 Å². The first-order chi connectivity index (χ1) is 14.0. The van der Waals surface area contributed by atoms with E-state index in [1.807, 2.05) is 29.7 Å². The van der Waals surface area contributed by atoms with Crippen LogP contribution in [0.3, 0.4) is 0 Å². The number of aryl methyl sites for hydroxylation is 1. The number of hydrogen-bond donors (Lipinski definition) is 0. The van der Waals surface area contributed by atoms with Crippen molar-refractivity contribution in [3.05, 3.63) is 63.8 Å². The number of carbonyl (C=O) groups excluding carboxylic acids is 1. The molecule has 4 rings (SSSR count). The fraction of sp³-hybridized carbons (Fsp3) is 0.190. The number of carbonyl (C=O) groups is 1. The number of fused-ring (bicyclic) bond motifs is 3. The number of nitrogens with zero attached hydrogens (tertiary/aromatic N) is 2. The van der Waals surface area contributed by atoms with Crippen molar-refractivity contribution in [3.63, 3.8) is 0 Å². The first kappa shape index (κ1) is 18.9. The molecule has 0 atom stereocenters. The van der Waals surface area contributed by atoms with Gasteiger partial charge in [0.25, 0.3) is 5.69 Å². The molecule has 0 bridgehead atoms. The number of benzene rings is 1. The Labute approximate surface area is 170 Å². The molecule has 29 heavy (non-hydrogen) atoms. The zero-order valence-corrected chi connectivity index (χ0v) is 16.9. The van der Waals surface area contributed by atoms with E-state index in [0.717, 1.165) is 31.7 Å². The molecule has 8 heteroatoms. The molecule has 0 aliphatic heterocycles. The van der Waals surface area contributed by atoms with E-state index in [0.29, 0.717) is 11.3 Å². The molecule has 3 aromatic heterocycles. The molecular weight excluding hydrogens is 392 g/mol. The molecule has 0 aliphatic rings. The first-order valence-corrected chi connectivity index (χ1v) is 9.81. The Balaban J connectivity index is 2.02. The summed E-state index contributed by atoms with van der Waals surface area (Å²) < 4.78 is 13.7. The van der Waals surface area contributed by atoms with Crippen LogP contribution in [0.4, 0.5) is 5.69 Å². The van der Waals surface area contributed by atoms with Crippen LogP contribution >= 0.6 is 11.3 Å². The molecule has 7 nitrogen and oxygen atoms in total. The maximum atomic E-state index is 12.8. The van der Waals surface area contributed by atoms with Crippen LogP contribution in [0.15, 0.2) is 42.6 Å². The van der Waals surface area contributed by atoms with Gasteiger partial charge in [-0.3, -0.25) is 10.1 Å². The van der Waals surface area contributed by atoms with E-state index in [2.05, 4.69) is 0 Å². The highest BCUT2D eigenvalue weighted by Gasteiger charge is 2.27. The molecule has 148 valence electrons. The Morgan fingerprint density at radius 1 is 1.24 bits per heavy atom. The standard InChI is InChI=1S/C21H18N2O5S/c1-4-28-21(24)16-15-11-12(2)9-10-22(15)17-18(27-3)19(29-20(16)17)13-5-7-14(8-6-13)23(25)26/h5-11H,4H2,1-3H3. The summed E-state index contributed by atoms with van der Waals surface area (Å²) in [6.07, 6.45) is 1.91. The van der Waals surface area contributed by atoms with Gasteiger partial charge in [-0.15, -0.1) is 11.3 Å². The largest absolute Gasteiger partial charge is 0.493 e. The zero-order chi connectivity index (χ0) is 20.7. The lowest BCUT2D eigenvalue weighted by Gasteiger charge is -2.06. The van der Waals surface area contributed by atoms with Crippen molar-refractivity contribution in [3.8, 4) is 16.2 Å². The lowest BCUT2D eigenvalue weighted by molar-refractivity contribution is -0.384. The predicted octanol–water partition coefficient (Wildman–Crippen LogP) is 5.22. The number of aromatic nitrogens is 1. The van der Waals surface area contributed by atoms with Crippen molar-refractivity contribution >= 4 is 38.7 Å². The first-order valence-electron chi connectivity index (χ1n) is 8.99. The number of rotatable bonds is 5. The lowest BCUT2D eigenvalue weighted by Crippen LogP contribution is -2.04. The maximum absolute atomic E-state index is 12.8. The summed E-state index contributed by atoms with van der Waals surface area (Å²) in [4.78, 5) is 24.1. The molecule has 0 unspecified atom stereocenters. The Kier molecular flexibility index (Phi) is 4.71. The van der Waals surface area contributed by atoms with Crippen LogP contribution < -0.4 is 4.74 Å². The topological polar surface area (TPSA) is 83.1 Å². The van der Waals surface area contributed by atoms with Gasteiger partial charge in [0.05, 0.1) is 33.7 Å². The number of ether oxygens (including phenoxy) is 2. The summed E-state index contributed by atoms with van der Waals surface area (Å²) in [5, 5.41) is 11.0. The van der Waals surface area contributed by atoms with Gasteiger partial charge >= 0.3 is 5.97 Å². The Morgan fingerprint density at radius 2 is 1.97 bits per heavy atom. The molecule has 1 aromatic carbocycles. The van der Waals surface area contributed by atoms with Crippen LogP contribution in [0.25, 0.3) is 26.2 Å². The highest BCUT2D eigenvalue weighted by Crippen LogP contribution is 2.48. The highest BCUT2D eigenvalue weighted by atomic mass is 32.1. The molecule has 0 N–H and O–H groups in total. The quantitative estimate of drug-likeness (QED) is 0.256. The van der Waals surface area contributed by atoms with Crippen LogP contribution in [0.5, 0.6) is 5.75 Å². The maximum Gasteiger partial charge on any atom is 0.341 e. The molecule has 0 saturated carbocycles. The van der Waals surface area contributed by atoms with Crippen molar-refractivity contribution < 1.29 is 19.2 Å². The third-order valence-electron chi connectivity index (χ3n) is 4.70. The minimum absolute atomic E-state index is 0.0192. The van der Waals surface area contributed by atoms with Gasteiger partial charge in [0.1, 0.15) is 11.1 Å². The summed E-state index contributed by atoms with van der Waals surface area (Å²) in [7, 11) is 1.58. The monoisotopic (exact) mass is 410 g/mol. The van der Waals surface area contributed by atoms with E-state index >= 15 is 0 Å². The van der Waals surface area contributed by atoms with Crippen molar-refractivity contribution in [2.24, 2.45) is 0 Å². The molecule has 0 spiro atoms. The van der Waals surface area contributed by atoms with Crippen molar-refractivity contribution in [1.29, 1.82) is 0 Å². The SMILES string of the molecule is CCOC(=O)c1c2sc(-c3ccc([N+](=O)[O-])cc3)c(OC)c2n2ccc(C)cc12. The smallest absolute Gasteiger partial charge is 0.341 e. The molecule has 0 saturated heterocycles. The average molecular weight is 410 g/mol. The van der Waals surface area contributed by atoms with Gasteiger partial charge < -0.3 is 13.9 Å². The van der Waals surface area contributed by atoms with E-state index in [1.165, 1.54) is 23.5 Å². The molecule has 3 heterocycles. The number of thiophene rings is 1. The van der Waals surface area contributed by atoms with E-state index in [1.54, 1.807) is 26.2 Å². The predicted molar refractivity (Wildman–Crippen MR) is 112 cm³/mol. The van der Waals surface area contributed by atoms with E-state index in [9.17, 15) is 14.9 Å². The van der Waals surface area contributed by atoms with Gasteiger partial charge in [0.2, 0.25) is 0 Å². The van der Waals surface area contributed by atoms with Gasteiger partial charge in [-0.25, -0.2) is 4.79 Å². The molecule has 0 amide bonds. The van der Waals surface area contributed by atoms with Gasteiger partial charge in [0, 0.05) is 18.3 Å². The summed E-state index contributed by atoms with van der Waals surface area (Å²) in [6, 6.07) is 10.2. The second-order valence-electron chi connectivity index (χ2n) is 6.50. The van der Waals surface area contributed by atoms with Gasteiger partial charge in [-0.2, -0.15) is 0 Å². The van der Waals surface area contributed by atoms with Crippen LogP contribution in [-0.2, 0) is 4.74 Å². The Hall–Kier alpha value is -3.39. The highest BCUT2D eigenvalue weighted by molar-refractivity contribution is 7.23. The van der Waals surface area contributed by atoms with Crippen molar-refractivity contribution in [1.82, 2.24) is 4.40 Å². The van der Waals surface area contributed by atoms with E-state index in [4.69, 9.17) is 9.47 Å². The van der Waals surface area contributed by atoms with E-state index < -0.39 is 4.92 Å². The van der Waals surface area contributed by atoms with Crippen molar-refractivity contribution in [2.75, 3.05) is 13.7 Å². The molecule has 0 radical (unpaired) electrons. The van der Waals surface area contributed by atoms with Crippen LogP contribution in [0.2, 0.25) is 0 Å². The third kappa shape index (κ3) is 3.01. The number of nitro benzene ring substituents is 1. The number of hydrogen-bond acceptors (Lipinski definition) is 6. The third-order valence-corrected chi connectivity index (χ3v) is 5.93. The Morgan fingerprint density at radius 3 is 2.59 bits per heavy atom. The number of non-ortho nitro benzene ring substituents is 1. The van der Waals surface area contributed by atoms with Crippen LogP contribution in [-0.4, -0.2) is 29.0 Å². The number of nitro groups is 1. The second-order valence-corrected chi connectivity index (χ2v) is 7.52. The average Bonchev–Trinajstić information content (AvgIpc) is 3.21. The minimum Gasteiger partial charge on any atom is -0.493 e. The molecular formula is C21H18N2O5S. The minimum atomic E-state index is -0.434. The normalized spacial score (nSPS) is 11.1. The fourth-order valence-electron chi connectivity index (χ4n) is 3.42. The summed E-state index contributed by atoms with van der Waals surface area (Å²) in [6.45, 7) is 4.02. The van der Waals surface area contributed by atoms with Crippen LogP contribution in [0, 0.1) is 17.0 Å².